The van der Waals surface area contributed by atoms with Gasteiger partial charge in [0.2, 0.25) is 5.91 Å². The van der Waals surface area contributed by atoms with Crippen molar-refractivity contribution in [3.8, 4) is 17.0 Å². The Hall–Kier alpha value is -2.11. The van der Waals surface area contributed by atoms with Gasteiger partial charge in [-0.15, -0.1) is 21.5 Å². The molecule has 7 nitrogen and oxygen atoms in total. The van der Waals surface area contributed by atoms with Gasteiger partial charge in [-0.3, -0.25) is 4.79 Å². The standard InChI is InChI=1S/C22H18BrCl2N5O2S2/c1-12(32-15-6-3-13(23)4-7-15)20-28-29-22(30(20)2)34-11-19(31)27-21-26-18(10-33-21)16-8-5-14(24)9-17(16)25/h3-10,12H,11H2,1-2H3,(H,26,27,31). The lowest BCUT2D eigenvalue weighted by Crippen LogP contribution is -2.14. The second kappa shape index (κ2) is 11.1. The minimum atomic E-state index is -0.310. The maximum Gasteiger partial charge on any atom is 0.236 e. The zero-order chi connectivity index (χ0) is 24.2. The summed E-state index contributed by atoms with van der Waals surface area (Å²) in [6.45, 7) is 1.90. The molecular weight excluding hydrogens is 581 g/mol. The average Bonchev–Trinajstić information content (AvgIpc) is 3.40. The molecule has 0 bridgehead atoms. The summed E-state index contributed by atoms with van der Waals surface area (Å²) in [5.74, 6) is 1.35. The maximum atomic E-state index is 12.5. The van der Waals surface area contributed by atoms with Gasteiger partial charge >= 0.3 is 0 Å². The lowest BCUT2D eigenvalue weighted by atomic mass is 10.2. The van der Waals surface area contributed by atoms with Crippen LogP contribution in [0.5, 0.6) is 5.75 Å². The molecule has 176 valence electrons. The molecule has 0 aliphatic carbocycles. The average molecular weight is 599 g/mol. The van der Waals surface area contributed by atoms with Gasteiger partial charge in [0.15, 0.2) is 22.2 Å². The van der Waals surface area contributed by atoms with Crippen LogP contribution in [0.25, 0.3) is 11.3 Å². The number of anilines is 1. The number of nitrogens with zero attached hydrogens (tertiary/aromatic N) is 4. The highest BCUT2D eigenvalue weighted by Crippen LogP contribution is 2.32. The van der Waals surface area contributed by atoms with E-state index in [2.05, 4.69) is 36.4 Å². The number of thioether (sulfide) groups is 1. The number of halogens is 3. The first-order chi connectivity index (χ1) is 16.3. The Labute approximate surface area is 223 Å². The number of benzene rings is 2. The molecule has 0 aliphatic rings. The van der Waals surface area contributed by atoms with Crippen LogP contribution in [0.15, 0.2) is 57.5 Å². The monoisotopic (exact) mass is 597 g/mol. The second-order valence-corrected chi connectivity index (χ2v) is 10.7. The Balaban J connectivity index is 1.33. The van der Waals surface area contributed by atoms with E-state index < -0.39 is 0 Å². The maximum absolute atomic E-state index is 12.5. The van der Waals surface area contributed by atoms with Crippen molar-refractivity contribution in [2.75, 3.05) is 11.1 Å². The Morgan fingerprint density at radius 1 is 1.24 bits per heavy atom. The molecule has 34 heavy (non-hydrogen) atoms. The molecule has 1 N–H and O–H groups in total. The first-order valence-corrected chi connectivity index (χ1v) is 13.4. The molecule has 2 aromatic carbocycles. The van der Waals surface area contributed by atoms with Gasteiger partial charge in [0.1, 0.15) is 5.75 Å². The molecule has 2 aromatic heterocycles. The van der Waals surface area contributed by atoms with E-state index in [1.807, 2.05) is 48.2 Å². The Kier molecular flexibility index (Phi) is 8.15. The topological polar surface area (TPSA) is 81.9 Å². The predicted molar refractivity (Wildman–Crippen MR) is 141 cm³/mol. The van der Waals surface area contributed by atoms with Crippen molar-refractivity contribution in [3.63, 3.8) is 0 Å². The van der Waals surface area contributed by atoms with Gasteiger partial charge in [-0.25, -0.2) is 4.98 Å². The highest BCUT2D eigenvalue weighted by molar-refractivity contribution is 9.10. The quantitative estimate of drug-likeness (QED) is 0.223. The molecule has 0 saturated carbocycles. The summed E-state index contributed by atoms with van der Waals surface area (Å²) >= 11 is 18.2. The van der Waals surface area contributed by atoms with Crippen molar-refractivity contribution in [3.05, 3.63) is 68.2 Å². The lowest BCUT2D eigenvalue weighted by molar-refractivity contribution is -0.113. The molecule has 0 saturated heterocycles. The first-order valence-electron chi connectivity index (χ1n) is 9.95. The summed E-state index contributed by atoms with van der Waals surface area (Å²) in [6, 6.07) is 12.8. The minimum Gasteiger partial charge on any atom is -0.483 e. The molecular formula is C22H18BrCl2N5O2S2. The molecule has 0 radical (unpaired) electrons. The second-order valence-electron chi connectivity index (χ2n) is 7.11. The van der Waals surface area contributed by atoms with Crippen LogP contribution < -0.4 is 10.1 Å². The number of thiazole rings is 1. The fourth-order valence-electron chi connectivity index (χ4n) is 3.01. The number of carbonyl (C=O) groups excluding carboxylic acids is 1. The van der Waals surface area contributed by atoms with Gasteiger partial charge in [-0.2, -0.15) is 0 Å². The van der Waals surface area contributed by atoms with E-state index in [9.17, 15) is 4.79 Å². The lowest BCUT2D eigenvalue weighted by Gasteiger charge is -2.14. The zero-order valence-electron chi connectivity index (χ0n) is 18.0. The third-order valence-corrected chi connectivity index (χ3v) is 7.50. The first kappa shape index (κ1) is 25.0. The molecule has 0 spiro atoms. The van der Waals surface area contributed by atoms with Gasteiger partial charge in [0.05, 0.1) is 16.5 Å². The fourth-order valence-corrected chi connectivity index (χ4v) is 5.23. The molecule has 1 amide bonds. The third kappa shape index (κ3) is 6.11. The largest absolute Gasteiger partial charge is 0.483 e. The Bertz CT molecular complexity index is 1310. The van der Waals surface area contributed by atoms with Crippen LogP contribution in [-0.2, 0) is 11.8 Å². The predicted octanol–water partition coefficient (Wildman–Crippen LogP) is 6.88. The summed E-state index contributed by atoms with van der Waals surface area (Å²) in [4.78, 5) is 16.9. The number of hydrogen-bond donors (Lipinski definition) is 1. The van der Waals surface area contributed by atoms with E-state index in [1.54, 1.807) is 18.2 Å². The van der Waals surface area contributed by atoms with Gasteiger partial charge in [-0.05, 0) is 49.4 Å². The van der Waals surface area contributed by atoms with E-state index in [4.69, 9.17) is 27.9 Å². The van der Waals surface area contributed by atoms with Crippen molar-refractivity contribution in [2.45, 2.75) is 18.2 Å². The van der Waals surface area contributed by atoms with Crippen molar-refractivity contribution < 1.29 is 9.53 Å². The Morgan fingerprint density at radius 3 is 2.74 bits per heavy atom. The van der Waals surface area contributed by atoms with E-state index in [-0.39, 0.29) is 17.8 Å². The summed E-state index contributed by atoms with van der Waals surface area (Å²) in [7, 11) is 1.85. The normalized spacial score (nSPS) is 11.9. The van der Waals surface area contributed by atoms with Gasteiger partial charge in [0, 0.05) is 27.5 Å². The molecule has 4 aromatic rings. The Morgan fingerprint density at radius 2 is 2.00 bits per heavy atom. The number of carbonyl (C=O) groups is 1. The molecule has 0 aliphatic heterocycles. The molecule has 2 heterocycles. The van der Waals surface area contributed by atoms with Crippen LogP contribution in [-0.4, -0.2) is 31.4 Å². The third-order valence-electron chi connectivity index (χ3n) is 4.65. The highest BCUT2D eigenvalue weighted by atomic mass is 79.9. The molecule has 1 atom stereocenters. The summed E-state index contributed by atoms with van der Waals surface area (Å²) in [5.41, 5.74) is 1.43. The van der Waals surface area contributed by atoms with Crippen LogP contribution in [0.3, 0.4) is 0 Å². The molecule has 1 unspecified atom stereocenters. The van der Waals surface area contributed by atoms with Gasteiger partial charge in [-0.1, -0.05) is 50.9 Å². The van der Waals surface area contributed by atoms with Crippen molar-refractivity contribution >= 4 is 73.3 Å². The number of aromatic nitrogens is 4. The van der Waals surface area contributed by atoms with E-state index in [0.717, 1.165) is 15.8 Å². The van der Waals surface area contributed by atoms with E-state index in [1.165, 1.54) is 23.1 Å². The summed E-state index contributed by atoms with van der Waals surface area (Å²) in [6.07, 6.45) is -0.310. The van der Waals surface area contributed by atoms with Crippen LogP contribution in [0.2, 0.25) is 10.0 Å². The smallest absolute Gasteiger partial charge is 0.236 e. The number of rotatable bonds is 8. The van der Waals surface area contributed by atoms with Crippen molar-refractivity contribution in [1.82, 2.24) is 19.7 Å². The van der Waals surface area contributed by atoms with Gasteiger partial charge in [0.25, 0.3) is 0 Å². The van der Waals surface area contributed by atoms with E-state index in [0.29, 0.717) is 31.9 Å². The number of nitrogens with one attached hydrogen (secondary N) is 1. The highest BCUT2D eigenvalue weighted by Gasteiger charge is 2.18. The number of hydrogen-bond acceptors (Lipinski definition) is 7. The van der Waals surface area contributed by atoms with Crippen LogP contribution in [0.4, 0.5) is 5.13 Å². The van der Waals surface area contributed by atoms with Crippen LogP contribution in [0, 0.1) is 0 Å². The van der Waals surface area contributed by atoms with Crippen molar-refractivity contribution in [1.29, 1.82) is 0 Å². The number of amides is 1. The van der Waals surface area contributed by atoms with Crippen molar-refractivity contribution in [2.24, 2.45) is 7.05 Å². The zero-order valence-corrected chi connectivity index (χ0v) is 22.7. The fraction of sp³-hybridized carbons (Fsp3) is 0.182. The minimum absolute atomic E-state index is 0.157. The number of ether oxygens (including phenoxy) is 1. The molecule has 0 fully saturated rings. The molecule has 4 rings (SSSR count). The van der Waals surface area contributed by atoms with Crippen LogP contribution >= 0.6 is 62.2 Å². The summed E-state index contributed by atoms with van der Waals surface area (Å²) < 4.78 is 8.75. The molecule has 12 heteroatoms. The van der Waals surface area contributed by atoms with Crippen LogP contribution in [0.1, 0.15) is 18.9 Å². The summed E-state index contributed by atoms with van der Waals surface area (Å²) in [5, 5.41) is 15.2. The van der Waals surface area contributed by atoms with E-state index >= 15 is 0 Å². The van der Waals surface area contributed by atoms with Gasteiger partial charge < -0.3 is 14.6 Å². The SMILES string of the molecule is CC(Oc1ccc(Br)cc1)c1nnc(SCC(=O)Nc2nc(-c3ccc(Cl)cc3Cl)cs2)n1C.